The van der Waals surface area contributed by atoms with Crippen molar-refractivity contribution in [1.82, 2.24) is 0 Å². The van der Waals surface area contributed by atoms with Crippen molar-refractivity contribution >= 4 is 37.3 Å². The number of primary sulfonamides is 1. The molecule has 1 amide bonds. The Bertz CT molecular complexity index is 1410. The number of nitrogens with zero attached hydrogens (tertiary/aromatic N) is 1. The SMILES string of the molecule is CCCCN(c1ccccc1)S(=O)(=O)c1cccc(C(=O)Nc2ccc(OC)c(S(N)(=O)=O)c2)c1. The molecule has 0 heterocycles. The third-order valence-corrected chi connectivity index (χ3v) is 7.93. The normalized spacial score (nSPS) is 11.6. The van der Waals surface area contributed by atoms with E-state index in [-0.39, 0.29) is 26.8 Å². The van der Waals surface area contributed by atoms with E-state index in [0.29, 0.717) is 18.7 Å². The average molecular weight is 518 g/mol. The van der Waals surface area contributed by atoms with Gasteiger partial charge >= 0.3 is 0 Å². The van der Waals surface area contributed by atoms with Crippen LogP contribution in [0.1, 0.15) is 30.1 Å². The van der Waals surface area contributed by atoms with Crippen molar-refractivity contribution < 1.29 is 26.4 Å². The van der Waals surface area contributed by atoms with E-state index in [1.54, 1.807) is 30.3 Å². The summed E-state index contributed by atoms with van der Waals surface area (Å²) in [5.41, 5.74) is 0.772. The number of anilines is 2. The molecule has 0 saturated heterocycles. The molecule has 0 fully saturated rings. The summed E-state index contributed by atoms with van der Waals surface area (Å²) in [5, 5.41) is 7.80. The van der Waals surface area contributed by atoms with Gasteiger partial charge in [-0.05, 0) is 55.0 Å². The lowest BCUT2D eigenvalue weighted by atomic mass is 10.2. The van der Waals surface area contributed by atoms with Gasteiger partial charge in [-0.15, -0.1) is 0 Å². The van der Waals surface area contributed by atoms with Gasteiger partial charge in [0.15, 0.2) is 0 Å². The van der Waals surface area contributed by atoms with Crippen LogP contribution in [0.15, 0.2) is 82.6 Å². The number of rotatable bonds is 10. The maximum absolute atomic E-state index is 13.5. The Labute approximate surface area is 205 Å². The first-order chi connectivity index (χ1) is 16.6. The molecule has 0 saturated carbocycles. The number of hydrogen-bond acceptors (Lipinski definition) is 6. The Morgan fingerprint density at radius 1 is 0.971 bits per heavy atom. The van der Waals surface area contributed by atoms with Gasteiger partial charge in [-0.1, -0.05) is 37.6 Å². The van der Waals surface area contributed by atoms with Crippen molar-refractivity contribution in [3.63, 3.8) is 0 Å². The molecule has 11 heteroatoms. The van der Waals surface area contributed by atoms with Crippen molar-refractivity contribution in [2.45, 2.75) is 29.6 Å². The average Bonchev–Trinajstić information content (AvgIpc) is 2.84. The van der Waals surface area contributed by atoms with Gasteiger partial charge in [-0.3, -0.25) is 9.10 Å². The van der Waals surface area contributed by atoms with Crippen molar-refractivity contribution in [3.05, 3.63) is 78.4 Å². The Kier molecular flexibility index (Phi) is 8.15. The summed E-state index contributed by atoms with van der Waals surface area (Å²) < 4.78 is 57.0. The maximum Gasteiger partial charge on any atom is 0.264 e. The Balaban J connectivity index is 1.92. The van der Waals surface area contributed by atoms with Crippen molar-refractivity contribution in [3.8, 4) is 5.75 Å². The minimum atomic E-state index is -4.10. The number of nitrogens with two attached hydrogens (primary N) is 1. The highest BCUT2D eigenvalue weighted by atomic mass is 32.2. The van der Waals surface area contributed by atoms with E-state index in [4.69, 9.17) is 9.88 Å². The van der Waals surface area contributed by atoms with Crippen LogP contribution in [0.4, 0.5) is 11.4 Å². The number of carbonyl (C=O) groups is 1. The lowest BCUT2D eigenvalue weighted by molar-refractivity contribution is 0.102. The van der Waals surface area contributed by atoms with Gasteiger partial charge in [0, 0.05) is 17.8 Å². The van der Waals surface area contributed by atoms with Crippen LogP contribution in [0.25, 0.3) is 0 Å². The molecule has 0 aromatic heterocycles. The van der Waals surface area contributed by atoms with Gasteiger partial charge < -0.3 is 10.1 Å². The van der Waals surface area contributed by atoms with Crippen LogP contribution >= 0.6 is 0 Å². The summed E-state index contributed by atoms with van der Waals surface area (Å²) in [6.07, 6.45) is 1.47. The fourth-order valence-electron chi connectivity index (χ4n) is 3.39. The number of methoxy groups -OCH3 is 1. The molecule has 186 valence electrons. The summed E-state index contributed by atoms with van der Waals surface area (Å²) in [6.45, 7) is 2.27. The minimum Gasteiger partial charge on any atom is -0.495 e. The first-order valence-corrected chi connectivity index (χ1v) is 13.8. The molecule has 0 aliphatic carbocycles. The fourth-order valence-corrected chi connectivity index (χ4v) is 5.66. The molecule has 0 aliphatic rings. The van der Waals surface area contributed by atoms with Crippen LogP contribution in [0.5, 0.6) is 5.75 Å². The molecule has 0 bridgehead atoms. The summed E-state index contributed by atoms with van der Waals surface area (Å²) in [6, 6.07) is 18.4. The largest absolute Gasteiger partial charge is 0.495 e. The predicted octanol–water partition coefficient (Wildman–Crippen LogP) is 3.59. The zero-order valence-electron chi connectivity index (χ0n) is 19.3. The number of para-hydroxylation sites is 1. The van der Waals surface area contributed by atoms with Crippen LogP contribution in [0.2, 0.25) is 0 Å². The summed E-state index contributed by atoms with van der Waals surface area (Å²) in [5.74, 6) is -0.584. The quantitative estimate of drug-likeness (QED) is 0.422. The van der Waals surface area contributed by atoms with Gasteiger partial charge in [-0.2, -0.15) is 0 Å². The second-order valence-electron chi connectivity index (χ2n) is 7.66. The van der Waals surface area contributed by atoms with E-state index < -0.39 is 26.0 Å². The summed E-state index contributed by atoms with van der Waals surface area (Å²) in [7, 11) is -6.75. The van der Waals surface area contributed by atoms with Crippen LogP contribution in [-0.2, 0) is 20.0 Å². The highest BCUT2D eigenvalue weighted by Gasteiger charge is 2.25. The highest BCUT2D eigenvalue weighted by Crippen LogP contribution is 2.27. The maximum atomic E-state index is 13.5. The molecule has 0 atom stereocenters. The number of amides is 1. The summed E-state index contributed by atoms with van der Waals surface area (Å²) >= 11 is 0. The molecule has 3 aromatic carbocycles. The monoisotopic (exact) mass is 517 g/mol. The lowest BCUT2D eigenvalue weighted by Gasteiger charge is -2.24. The molecular weight excluding hydrogens is 490 g/mol. The van der Waals surface area contributed by atoms with E-state index in [9.17, 15) is 21.6 Å². The Morgan fingerprint density at radius 2 is 1.69 bits per heavy atom. The van der Waals surface area contributed by atoms with Gasteiger partial charge in [0.2, 0.25) is 10.0 Å². The topological polar surface area (TPSA) is 136 Å². The second-order valence-corrected chi connectivity index (χ2v) is 11.1. The molecule has 0 unspecified atom stereocenters. The minimum absolute atomic E-state index is 0.0340. The van der Waals surface area contributed by atoms with Crippen molar-refractivity contribution in [1.29, 1.82) is 0 Å². The third kappa shape index (κ3) is 6.18. The number of nitrogens with one attached hydrogen (secondary N) is 1. The van der Waals surface area contributed by atoms with Crippen LogP contribution < -0.4 is 19.5 Å². The number of ether oxygens (including phenoxy) is 1. The molecule has 35 heavy (non-hydrogen) atoms. The number of unbranched alkanes of at least 4 members (excludes halogenated alkanes) is 1. The third-order valence-electron chi connectivity index (χ3n) is 5.17. The van der Waals surface area contributed by atoms with Crippen LogP contribution in [0.3, 0.4) is 0 Å². The second kappa shape index (κ2) is 10.9. The number of hydrogen-bond donors (Lipinski definition) is 2. The van der Waals surface area contributed by atoms with Gasteiger partial charge in [0.25, 0.3) is 15.9 Å². The van der Waals surface area contributed by atoms with Gasteiger partial charge in [-0.25, -0.2) is 22.0 Å². The van der Waals surface area contributed by atoms with Crippen molar-refractivity contribution in [2.75, 3.05) is 23.3 Å². The number of carbonyl (C=O) groups excluding carboxylic acids is 1. The molecule has 0 radical (unpaired) electrons. The zero-order chi connectivity index (χ0) is 25.6. The van der Waals surface area contributed by atoms with E-state index in [0.717, 1.165) is 6.42 Å². The van der Waals surface area contributed by atoms with Gasteiger partial charge in [0.1, 0.15) is 10.6 Å². The van der Waals surface area contributed by atoms with Crippen molar-refractivity contribution in [2.24, 2.45) is 5.14 Å². The first-order valence-electron chi connectivity index (χ1n) is 10.8. The van der Waals surface area contributed by atoms with Crippen LogP contribution in [-0.4, -0.2) is 36.4 Å². The number of sulfonamides is 2. The molecule has 3 aromatic rings. The molecule has 3 rings (SSSR count). The molecular formula is C24H27N3O6S2. The number of benzene rings is 3. The highest BCUT2D eigenvalue weighted by molar-refractivity contribution is 7.92. The van der Waals surface area contributed by atoms with E-state index in [1.807, 2.05) is 6.92 Å². The summed E-state index contributed by atoms with van der Waals surface area (Å²) in [4.78, 5) is 12.6. The molecule has 0 spiro atoms. The van der Waals surface area contributed by atoms with Crippen LogP contribution in [0, 0.1) is 0 Å². The lowest BCUT2D eigenvalue weighted by Crippen LogP contribution is -2.32. The Hall–Kier alpha value is -3.41. The molecule has 3 N–H and O–H groups in total. The first kappa shape index (κ1) is 26.2. The zero-order valence-corrected chi connectivity index (χ0v) is 21.0. The molecule has 0 aliphatic heterocycles. The predicted molar refractivity (Wildman–Crippen MR) is 135 cm³/mol. The molecule has 9 nitrogen and oxygen atoms in total. The Morgan fingerprint density at radius 3 is 2.31 bits per heavy atom. The van der Waals surface area contributed by atoms with E-state index in [1.165, 1.54) is 53.9 Å². The smallest absolute Gasteiger partial charge is 0.264 e. The standard InChI is InChI=1S/C24H27N3O6S2/c1-3-4-15-27(20-10-6-5-7-11-20)35(31,32)21-12-8-9-18(16-21)24(28)26-19-13-14-22(33-2)23(17-19)34(25,29)30/h5-14,16-17H,3-4,15H2,1-2H3,(H,26,28)(H2,25,29,30). The van der Waals surface area contributed by atoms with Gasteiger partial charge in [0.05, 0.1) is 17.7 Å². The van der Waals surface area contributed by atoms with E-state index in [2.05, 4.69) is 5.32 Å². The van der Waals surface area contributed by atoms with E-state index >= 15 is 0 Å². The fraction of sp³-hybridized carbons (Fsp3) is 0.208.